The lowest BCUT2D eigenvalue weighted by molar-refractivity contribution is -0.122. The highest BCUT2D eigenvalue weighted by atomic mass is 16.1. The number of nitrogens with two attached hydrogens (primary N) is 1. The smallest absolute Gasteiger partial charge is 0.220 e. The summed E-state index contributed by atoms with van der Waals surface area (Å²) in [7, 11) is 0. The summed E-state index contributed by atoms with van der Waals surface area (Å²) < 4.78 is 0. The van der Waals surface area contributed by atoms with Crippen LogP contribution in [0.2, 0.25) is 0 Å². The molecule has 2 unspecified atom stereocenters. The summed E-state index contributed by atoms with van der Waals surface area (Å²) in [5.74, 6) is 2.11. The van der Waals surface area contributed by atoms with Crippen molar-refractivity contribution in [3.63, 3.8) is 0 Å². The van der Waals surface area contributed by atoms with Gasteiger partial charge in [-0.25, -0.2) is 0 Å². The third-order valence-electron chi connectivity index (χ3n) is 4.97. The topological polar surface area (TPSA) is 55.1 Å². The van der Waals surface area contributed by atoms with Gasteiger partial charge in [0.2, 0.25) is 5.91 Å². The summed E-state index contributed by atoms with van der Waals surface area (Å²) in [6.45, 7) is 7.35. The van der Waals surface area contributed by atoms with Crippen molar-refractivity contribution in [3.8, 4) is 0 Å². The number of hydrogen-bond donors (Lipinski definition) is 2. The molecule has 0 spiro atoms. The Morgan fingerprint density at radius 1 is 1.15 bits per heavy atom. The molecule has 0 saturated heterocycles. The normalized spacial score (nSPS) is 19.9. The molecular weight excluding hydrogens is 248 g/mol. The molecule has 1 fully saturated rings. The standard InChI is InChI=1S/C17H34N2O/c1-13(2)15(11-12-18)9-10-17(20)19-14(3)16-7-5-4-6-8-16/h13-16H,4-12,18H2,1-3H3,(H,19,20). The van der Waals surface area contributed by atoms with Crippen molar-refractivity contribution in [1.29, 1.82) is 0 Å². The highest BCUT2D eigenvalue weighted by Gasteiger charge is 2.22. The molecule has 0 aromatic carbocycles. The van der Waals surface area contributed by atoms with Gasteiger partial charge in [-0.2, -0.15) is 0 Å². The van der Waals surface area contributed by atoms with Crippen LogP contribution in [0.1, 0.15) is 72.1 Å². The van der Waals surface area contributed by atoms with Gasteiger partial charge in [-0.1, -0.05) is 33.1 Å². The van der Waals surface area contributed by atoms with Crippen molar-refractivity contribution < 1.29 is 4.79 Å². The second-order valence-corrected chi connectivity index (χ2v) is 6.87. The van der Waals surface area contributed by atoms with E-state index in [1.54, 1.807) is 0 Å². The Bertz CT molecular complexity index is 272. The highest BCUT2D eigenvalue weighted by Crippen LogP contribution is 2.26. The Balaban J connectivity index is 2.27. The molecule has 3 nitrogen and oxygen atoms in total. The predicted molar refractivity (Wildman–Crippen MR) is 85.4 cm³/mol. The third-order valence-corrected chi connectivity index (χ3v) is 4.97. The third kappa shape index (κ3) is 6.25. The summed E-state index contributed by atoms with van der Waals surface area (Å²) in [4.78, 5) is 12.1. The van der Waals surface area contributed by atoms with Gasteiger partial charge in [0.05, 0.1) is 0 Å². The van der Waals surface area contributed by atoms with Gasteiger partial charge in [0, 0.05) is 12.5 Å². The first-order valence-corrected chi connectivity index (χ1v) is 8.54. The number of carbonyl (C=O) groups excluding carboxylic acids is 1. The van der Waals surface area contributed by atoms with Crippen molar-refractivity contribution in [2.24, 2.45) is 23.5 Å². The van der Waals surface area contributed by atoms with E-state index in [2.05, 4.69) is 26.1 Å². The zero-order valence-corrected chi connectivity index (χ0v) is 13.7. The molecule has 1 amide bonds. The lowest BCUT2D eigenvalue weighted by Crippen LogP contribution is -2.39. The van der Waals surface area contributed by atoms with Crippen LogP contribution in [0.15, 0.2) is 0 Å². The Kier molecular flexibility index (Phi) is 8.20. The van der Waals surface area contributed by atoms with Gasteiger partial charge in [0.1, 0.15) is 0 Å². The molecule has 1 saturated carbocycles. The number of hydrogen-bond acceptors (Lipinski definition) is 2. The van der Waals surface area contributed by atoms with E-state index in [1.165, 1.54) is 32.1 Å². The van der Waals surface area contributed by atoms with E-state index in [1.807, 2.05) is 0 Å². The molecule has 3 heteroatoms. The van der Waals surface area contributed by atoms with Crippen LogP contribution in [0.5, 0.6) is 0 Å². The van der Waals surface area contributed by atoms with Gasteiger partial charge < -0.3 is 11.1 Å². The summed E-state index contributed by atoms with van der Waals surface area (Å²) >= 11 is 0. The number of nitrogens with one attached hydrogen (secondary N) is 1. The van der Waals surface area contributed by atoms with Crippen LogP contribution in [-0.2, 0) is 4.79 Å². The van der Waals surface area contributed by atoms with Crippen molar-refractivity contribution in [3.05, 3.63) is 0 Å². The maximum absolute atomic E-state index is 12.1. The number of amides is 1. The Labute approximate surface area is 125 Å². The van der Waals surface area contributed by atoms with Crippen molar-refractivity contribution in [1.82, 2.24) is 5.32 Å². The van der Waals surface area contributed by atoms with Crippen LogP contribution in [0, 0.1) is 17.8 Å². The monoisotopic (exact) mass is 282 g/mol. The second-order valence-electron chi connectivity index (χ2n) is 6.87. The first-order chi connectivity index (χ1) is 9.54. The molecule has 0 aliphatic heterocycles. The van der Waals surface area contributed by atoms with Gasteiger partial charge in [0.25, 0.3) is 0 Å². The molecule has 0 radical (unpaired) electrons. The second kappa shape index (κ2) is 9.38. The molecule has 1 rings (SSSR count). The van der Waals surface area contributed by atoms with Crippen LogP contribution in [0.4, 0.5) is 0 Å². The fourth-order valence-corrected chi connectivity index (χ4v) is 3.42. The fourth-order valence-electron chi connectivity index (χ4n) is 3.42. The summed E-state index contributed by atoms with van der Waals surface area (Å²) in [6.07, 6.45) is 9.24. The minimum absolute atomic E-state index is 0.228. The van der Waals surface area contributed by atoms with Crippen LogP contribution in [0.25, 0.3) is 0 Å². The van der Waals surface area contributed by atoms with Crippen molar-refractivity contribution in [2.75, 3.05) is 6.54 Å². The first kappa shape index (κ1) is 17.5. The van der Waals surface area contributed by atoms with Gasteiger partial charge in [-0.05, 0) is 56.9 Å². The Morgan fingerprint density at radius 2 is 1.80 bits per heavy atom. The number of carbonyl (C=O) groups is 1. The Hall–Kier alpha value is -0.570. The van der Waals surface area contributed by atoms with Gasteiger partial charge in [0.15, 0.2) is 0 Å². The molecule has 2 atom stereocenters. The average molecular weight is 282 g/mol. The lowest BCUT2D eigenvalue weighted by Gasteiger charge is -2.28. The van der Waals surface area contributed by atoms with E-state index in [0.717, 1.165) is 19.4 Å². The zero-order valence-electron chi connectivity index (χ0n) is 13.7. The zero-order chi connectivity index (χ0) is 15.0. The average Bonchev–Trinajstić information content (AvgIpc) is 2.44. The van der Waals surface area contributed by atoms with E-state index in [-0.39, 0.29) is 5.91 Å². The van der Waals surface area contributed by atoms with Crippen LogP contribution < -0.4 is 11.1 Å². The highest BCUT2D eigenvalue weighted by molar-refractivity contribution is 5.76. The van der Waals surface area contributed by atoms with E-state index in [4.69, 9.17) is 5.73 Å². The molecular formula is C17H34N2O. The molecule has 0 bridgehead atoms. The molecule has 3 N–H and O–H groups in total. The molecule has 1 aliphatic rings. The summed E-state index contributed by atoms with van der Waals surface area (Å²) in [6, 6.07) is 0.342. The molecule has 118 valence electrons. The Morgan fingerprint density at radius 3 is 2.35 bits per heavy atom. The predicted octanol–water partition coefficient (Wildman–Crippen LogP) is 3.47. The van der Waals surface area contributed by atoms with Crippen molar-refractivity contribution >= 4 is 5.91 Å². The van der Waals surface area contributed by atoms with E-state index >= 15 is 0 Å². The van der Waals surface area contributed by atoms with E-state index in [9.17, 15) is 4.79 Å². The number of rotatable bonds is 8. The van der Waals surface area contributed by atoms with Crippen LogP contribution in [0.3, 0.4) is 0 Å². The SMILES string of the molecule is CC(C)C(CCN)CCC(=O)NC(C)C1CCCCC1. The quantitative estimate of drug-likeness (QED) is 0.716. The molecule has 1 aliphatic carbocycles. The fraction of sp³-hybridized carbons (Fsp3) is 0.941. The largest absolute Gasteiger partial charge is 0.353 e. The maximum atomic E-state index is 12.1. The van der Waals surface area contributed by atoms with E-state index < -0.39 is 0 Å². The molecule has 0 heterocycles. The summed E-state index contributed by atoms with van der Waals surface area (Å²) in [5.41, 5.74) is 5.65. The van der Waals surface area contributed by atoms with Crippen LogP contribution in [-0.4, -0.2) is 18.5 Å². The van der Waals surface area contributed by atoms with Gasteiger partial charge >= 0.3 is 0 Å². The minimum atomic E-state index is 0.228. The molecule has 0 aromatic rings. The van der Waals surface area contributed by atoms with Crippen molar-refractivity contribution in [2.45, 2.75) is 78.2 Å². The minimum Gasteiger partial charge on any atom is -0.353 e. The van der Waals surface area contributed by atoms with Gasteiger partial charge in [-0.3, -0.25) is 4.79 Å². The van der Waals surface area contributed by atoms with Crippen LogP contribution >= 0.6 is 0 Å². The van der Waals surface area contributed by atoms with E-state index in [0.29, 0.717) is 30.2 Å². The lowest BCUT2D eigenvalue weighted by atomic mass is 9.84. The molecule has 0 aromatic heterocycles. The maximum Gasteiger partial charge on any atom is 0.220 e. The summed E-state index contributed by atoms with van der Waals surface area (Å²) in [5, 5.41) is 3.22. The van der Waals surface area contributed by atoms with Gasteiger partial charge in [-0.15, -0.1) is 0 Å². The first-order valence-electron chi connectivity index (χ1n) is 8.54. The molecule has 20 heavy (non-hydrogen) atoms.